The average molecular weight is 245 g/mol. The summed E-state index contributed by atoms with van der Waals surface area (Å²) in [5, 5.41) is 3.76. The fraction of sp³-hybridized carbons (Fsp3) is 0.667. The highest BCUT2D eigenvalue weighted by atomic mass is 15.2. The van der Waals surface area contributed by atoms with E-state index in [-0.39, 0.29) is 0 Å². The van der Waals surface area contributed by atoms with E-state index < -0.39 is 0 Å². The maximum Gasteiger partial charge on any atom is 0.0416 e. The van der Waals surface area contributed by atoms with Gasteiger partial charge in [-0.3, -0.25) is 4.98 Å². The van der Waals surface area contributed by atoms with Crippen molar-refractivity contribution < 1.29 is 0 Å². The second-order valence-electron chi connectivity index (χ2n) is 5.65. The molecule has 1 N–H and O–H groups in total. The molecule has 1 aliphatic heterocycles. The molecule has 0 aromatic carbocycles. The number of hydrogen-bond donors (Lipinski definition) is 1. The van der Waals surface area contributed by atoms with Crippen LogP contribution >= 0.6 is 0 Å². The molecule has 3 rings (SSSR count). The van der Waals surface area contributed by atoms with Crippen LogP contribution in [0.4, 0.5) is 0 Å². The van der Waals surface area contributed by atoms with E-state index in [9.17, 15) is 0 Å². The molecule has 3 nitrogen and oxygen atoms in total. The SMILES string of the molecule is c1ccc(CCN2CCCC(NC3CC3)C2)nc1. The van der Waals surface area contributed by atoms with Crippen molar-refractivity contribution in [2.75, 3.05) is 19.6 Å². The standard InChI is InChI=1S/C15H23N3/c1-2-9-16-13(4-1)8-11-18-10-3-5-15(12-18)17-14-6-7-14/h1-2,4,9,14-15,17H,3,5-8,10-12H2. The number of piperidine rings is 1. The molecule has 2 heterocycles. The summed E-state index contributed by atoms with van der Waals surface area (Å²) in [5.74, 6) is 0. The Morgan fingerprint density at radius 3 is 2.94 bits per heavy atom. The van der Waals surface area contributed by atoms with E-state index in [0.29, 0.717) is 0 Å². The third kappa shape index (κ3) is 3.53. The average Bonchev–Trinajstić information content (AvgIpc) is 3.22. The Morgan fingerprint density at radius 1 is 1.22 bits per heavy atom. The van der Waals surface area contributed by atoms with Crippen LogP contribution in [0.1, 0.15) is 31.4 Å². The van der Waals surface area contributed by atoms with Crippen LogP contribution in [0, 0.1) is 0 Å². The van der Waals surface area contributed by atoms with Gasteiger partial charge < -0.3 is 10.2 Å². The topological polar surface area (TPSA) is 28.2 Å². The third-order valence-electron chi connectivity index (χ3n) is 3.96. The second kappa shape index (κ2) is 5.81. The van der Waals surface area contributed by atoms with Crippen molar-refractivity contribution in [3.05, 3.63) is 30.1 Å². The highest BCUT2D eigenvalue weighted by molar-refractivity contribution is 5.04. The Morgan fingerprint density at radius 2 is 2.17 bits per heavy atom. The van der Waals surface area contributed by atoms with Gasteiger partial charge in [0.2, 0.25) is 0 Å². The fourth-order valence-electron chi connectivity index (χ4n) is 2.80. The largest absolute Gasteiger partial charge is 0.310 e. The fourth-order valence-corrected chi connectivity index (χ4v) is 2.80. The first kappa shape index (κ1) is 12.1. The molecule has 0 bridgehead atoms. The molecule has 1 atom stereocenters. The van der Waals surface area contributed by atoms with Gasteiger partial charge in [0.25, 0.3) is 0 Å². The van der Waals surface area contributed by atoms with E-state index >= 15 is 0 Å². The van der Waals surface area contributed by atoms with Crippen molar-refractivity contribution in [3.8, 4) is 0 Å². The summed E-state index contributed by atoms with van der Waals surface area (Å²) in [7, 11) is 0. The van der Waals surface area contributed by atoms with Crippen LogP contribution in [0.5, 0.6) is 0 Å². The van der Waals surface area contributed by atoms with Gasteiger partial charge in [-0.25, -0.2) is 0 Å². The van der Waals surface area contributed by atoms with Crippen LogP contribution in [0.2, 0.25) is 0 Å². The first-order valence-electron chi connectivity index (χ1n) is 7.28. The number of aromatic nitrogens is 1. The molecule has 98 valence electrons. The molecule has 18 heavy (non-hydrogen) atoms. The van der Waals surface area contributed by atoms with Gasteiger partial charge in [-0.2, -0.15) is 0 Å². The van der Waals surface area contributed by atoms with Gasteiger partial charge in [0.1, 0.15) is 0 Å². The van der Waals surface area contributed by atoms with E-state index in [2.05, 4.69) is 27.3 Å². The molecule has 1 aromatic rings. The predicted octanol–water partition coefficient (Wildman–Crippen LogP) is 1.84. The first-order chi connectivity index (χ1) is 8.90. The lowest BCUT2D eigenvalue weighted by atomic mass is 10.1. The number of nitrogens with zero attached hydrogens (tertiary/aromatic N) is 2. The zero-order chi connectivity index (χ0) is 12.2. The summed E-state index contributed by atoms with van der Waals surface area (Å²) in [6, 6.07) is 7.76. The zero-order valence-electron chi connectivity index (χ0n) is 11.0. The number of likely N-dealkylation sites (tertiary alicyclic amines) is 1. The van der Waals surface area contributed by atoms with E-state index in [4.69, 9.17) is 0 Å². The molecule has 0 amide bonds. The lowest BCUT2D eigenvalue weighted by Crippen LogP contribution is -2.46. The lowest BCUT2D eigenvalue weighted by Gasteiger charge is -2.33. The zero-order valence-corrected chi connectivity index (χ0v) is 11.0. The normalized spacial score (nSPS) is 25.2. The molecular formula is C15H23N3. The van der Waals surface area contributed by atoms with Crippen molar-refractivity contribution in [2.24, 2.45) is 0 Å². The Labute approximate surface area is 110 Å². The Balaban J connectivity index is 1.44. The van der Waals surface area contributed by atoms with Gasteiger partial charge in [0.15, 0.2) is 0 Å². The minimum atomic E-state index is 0.731. The quantitative estimate of drug-likeness (QED) is 0.858. The number of hydrogen-bond acceptors (Lipinski definition) is 3. The van der Waals surface area contributed by atoms with Gasteiger partial charge in [0.05, 0.1) is 0 Å². The van der Waals surface area contributed by atoms with E-state index in [1.165, 1.54) is 44.5 Å². The van der Waals surface area contributed by atoms with Crippen LogP contribution in [0.3, 0.4) is 0 Å². The molecular weight excluding hydrogens is 222 g/mol. The van der Waals surface area contributed by atoms with Gasteiger partial charge in [-0.15, -0.1) is 0 Å². The van der Waals surface area contributed by atoms with Crippen molar-refractivity contribution in [1.29, 1.82) is 0 Å². The summed E-state index contributed by atoms with van der Waals surface area (Å²) in [6.07, 6.45) is 8.46. The van der Waals surface area contributed by atoms with Gasteiger partial charge in [-0.1, -0.05) is 6.07 Å². The minimum absolute atomic E-state index is 0.731. The molecule has 3 heteroatoms. The Hall–Kier alpha value is -0.930. The minimum Gasteiger partial charge on any atom is -0.310 e. The molecule has 1 aromatic heterocycles. The van der Waals surface area contributed by atoms with Crippen LogP contribution in [0.25, 0.3) is 0 Å². The van der Waals surface area contributed by atoms with Gasteiger partial charge >= 0.3 is 0 Å². The second-order valence-corrected chi connectivity index (χ2v) is 5.65. The lowest BCUT2D eigenvalue weighted by molar-refractivity contribution is 0.191. The summed E-state index contributed by atoms with van der Waals surface area (Å²) in [6.45, 7) is 3.64. The summed E-state index contributed by atoms with van der Waals surface area (Å²) in [5.41, 5.74) is 1.22. The van der Waals surface area contributed by atoms with Crippen molar-refractivity contribution in [2.45, 2.75) is 44.2 Å². The number of rotatable bonds is 5. The molecule has 2 aliphatic rings. The number of nitrogens with one attached hydrogen (secondary N) is 1. The summed E-state index contributed by atoms with van der Waals surface area (Å²) in [4.78, 5) is 6.99. The molecule has 2 fully saturated rings. The smallest absolute Gasteiger partial charge is 0.0416 e. The van der Waals surface area contributed by atoms with Crippen LogP contribution in [0.15, 0.2) is 24.4 Å². The molecule has 0 radical (unpaired) electrons. The van der Waals surface area contributed by atoms with Crippen molar-refractivity contribution in [1.82, 2.24) is 15.2 Å². The van der Waals surface area contributed by atoms with Gasteiger partial charge in [0, 0.05) is 43.5 Å². The maximum atomic E-state index is 4.40. The van der Waals surface area contributed by atoms with Crippen LogP contribution in [-0.4, -0.2) is 41.6 Å². The van der Waals surface area contributed by atoms with Crippen molar-refractivity contribution >= 4 is 0 Å². The Bertz CT molecular complexity index is 361. The van der Waals surface area contributed by atoms with E-state index in [1.807, 2.05) is 12.3 Å². The number of pyridine rings is 1. The van der Waals surface area contributed by atoms with E-state index in [0.717, 1.165) is 25.0 Å². The summed E-state index contributed by atoms with van der Waals surface area (Å²) >= 11 is 0. The third-order valence-corrected chi connectivity index (χ3v) is 3.96. The van der Waals surface area contributed by atoms with Gasteiger partial charge in [-0.05, 0) is 44.4 Å². The van der Waals surface area contributed by atoms with Crippen molar-refractivity contribution in [3.63, 3.8) is 0 Å². The summed E-state index contributed by atoms with van der Waals surface area (Å²) < 4.78 is 0. The molecule has 1 aliphatic carbocycles. The van der Waals surface area contributed by atoms with E-state index in [1.54, 1.807) is 0 Å². The molecule has 0 spiro atoms. The highest BCUT2D eigenvalue weighted by Gasteiger charge is 2.27. The van der Waals surface area contributed by atoms with Crippen LogP contribution < -0.4 is 5.32 Å². The highest BCUT2D eigenvalue weighted by Crippen LogP contribution is 2.21. The first-order valence-corrected chi connectivity index (χ1v) is 7.28. The molecule has 1 saturated carbocycles. The molecule has 1 saturated heterocycles. The monoisotopic (exact) mass is 245 g/mol. The van der Waals surface area contributed by atoms with Crippen LogP contribution in [-0.2, 0) is 6.42 Å². The maximum absolute atomic E-state index is 4.40. The predicted molar refractivity (Wildman–Crippen MR) is 73.6 cm³/mol. The Kier molecular flexibility index (Phi) is 3.91. The molecule has 1 unspecified atom stereocenters.